The number of nitrogens with one attached hydrogen (secondary N) is 1. The number of aryl methyl sites for hydroxylation is 2. The number of aromatic hydroxyl groups is 1. The van der Waals surface area contributed by atoms with Crippen LogP contribution in [0.2, 0.25) is 0 Å². The molecule has 0 spiro atoms. The molecule has 5 nitrogen and oxygen atoms in total. The van der Waals surface area contributed by atoms with Crippen LogP contribution >= 0.6 is 11.3 Å². The lowest BCUT2D eigenvalue weighted by Crippen LogP contribution is -2.12. The first-order valence-electron chi connectivity index (χ1n) is 6.34. The predicted molar refractivity (Wildman–Crippen MR) is 76.8 cm³/mol. The van der Waals surface area contributed by atoms with Gasteiger partial charge in [0.15, 0.2) is 5.13 Å². The lowest BCUT2D eigenvalue weighted by atomic mass is 10.2. The molecular weight excluding hydrogens is 276 g/mol. The summed E-state index contributed by atoms with van der Waals surface area (Å²) < 4.78 is 5.06. The SMILES string of the molecule is COc1ccc(O)c(C(=O)Nc2nc3c(s2)CCC3)c1. The van der Waals surface area contributed by atoms with Crippen molar-refractivity contribution in [1.82, 2.24) is 4.98 Å². The molecule has 0 bridgehead atoms. The van der Waals surface area contributed by atoms with E-state index in [1.54, 1.807) is 6.07 Å². The first-order valence-corrected chi connectivity index (χ1v) is 7.16. The first kappa shape index (κ1) is 12.9. The Morgan fingerprint density at radius 3 is 3.05 bits per heavy atom. The van der Waals surface area contributed by atoms with Gasteiger partial charge in [0.2, 0.25) is 0 Å². The quantitative estimate of drug-likeness (QED) is 0.911. The second-order valence-corrected chi connectivity index (χ2v) is 5.66. The Kier molecular flexibility index (Phi) is 3.31. The summed E-state index contributed by atoms with van der Waals surface area (Å²) >= 11 is 1.50. The summed E-state index contributed by atoms with van der Waals surface area (Å²) in [5, 5.41) is 13.1. The molecule has 2 N–H and O–H groups in total. The van der Waals surface area contributed by atoms with Crippen LogP contribution in [-0.2, 0) is 12.8 Å². The van der Waals surface area contributed by atoms with Crippen LogP contribution in [0.15, 0.2) is 18.2 Å². The summed E-state index contributed by atoms with van der Waals surface area (Å²) in [5.74, 6) is 0.0656. The smallest absolute Gasteiger partial charge is 0.261 e. The van der Waals surface area contributed by atoms with E-state index < -0.39 is 0 Å². The standard InChI is InChI=1S/C14H14N2O3S/c1-19-8-5-6-11(17)9(7-8)13(18)16-14-15-10-3-2-4-12(10)20-14/h5-7,17H,2-4H2,1H3,(H,15,16,18). The third-order valence-corrected chi connectivity index (χ3v) is 4.34. The minimum atomic E-state index is -0.381. The number of phenolic OH excluding ortho intramolecular Hbond substituents is 1. The Labute approximate surface area is 120 Å². The zero-order chi connectivity index (χ0) is 14.1. The maximum absolute atomic E-state index is 12.2. The van der Waals surface area contributed by atoms with Gasteiger partial charge in [-0.1, -0.05) is 0 Å². The summed E-state index contributed by atoms with van der Waals surface area (Å²) in [6, 6.07) is 4.55. The van der Waals surface area contributed by atoms with Gasteiger partial charge in [-0.05, 0) is 37.5 Å². The molecule has 3 rings (SSSR count). The molecule has 0 fully saturated rings. The van der Waals surface area contributed by atoms with Crippen LogP contribution < -0.4 is 10.1 Å². The highest BCUT2D eigenvalue weighted by atomic mass is 32.1. The van der Waals surface area contributed by atoms with Crippen molar-refractivity contribution in [2.24, 2.45) is 0 Å². The summed E-state index contributed by atoms with van der Waals surface area (Å²) in [6.45, 7) is 0. The van der Waals surface area contributed by atoms with Gasteiger partial charge in [0.25, 0.3) is 5.91 Å². The second-order valence-electron chi connectivity index (χ2n) is 4.58. The molecule has 0 radical (unpaired) electrons. The van der Waals surface area contributed by atoms with Crippen LogP contribution in [0.25, 0.3) is 0 Å². The Morgan fingerprint density at radius 2 is 2.30 bits per heavy atom. The number of thiazole rings is 1. The highest BCUT2D eigenvalue weighted by Crippen LogP contribution is 2.31. The second kappa shape index (κ2) is 5.13. The lowest BCUT2D eigenvalue weighted by molar-refractivity contribution is 0.102. The number of aromatic nitrogens is 1. The summed E-state index contributed by atoms with van der Waals surface area (Å²) in [6.07, 6.45) is 3.15. The van der Waals surface area contributed by atoms with E-state index in [1.807, 2.05) is 0 Å². The topological polar surface area (TPSA) is 71.5 Å². The van der Waals surface area contributed by atoms with Crippen molar-refractivity contribution >= 4 is 22.4 Å². The third-order valence-electron chi connectivity index (χ3n) is 3.26. The molecule has 20 heavy (non-hydrogen) atoms. The summed E-state index contributed by atoms with van der Waals surface area (Å²) in [5.41, 5.74) is 1.26. The molecule has 0 unspecified atom stereocenters. The van der Waals surface area contributed by atoms with Gasteiger partial charge in [0.1, 0.15) is 11.5 Å². The number of methoxy groups -OCH3 is 1. The van der Waals surface area contributed by atoms with Gasteiger partial charge < -0.3 is 9.84 Å². The van der Waals surface area contributed by atoms with Crippen molar-refractivity contribution in [3.63, 3.8) is 0 Å². The van der Waals surface area contributed by atoms with Gasteiger partial charge in [0.05, 0.1) is 18.4 Å². The molecule has 6 heteroatoms. The van der Waals surface area contributed by atoms with Crippen LogP contribution in [0, 0.1) is 0 Å². The van der Waals surface area contributed by atoms with Crippen molar-refractivity contribution in [3.05, 3.63) is 34.3 Å². The van der Waals surface area contributed by atoms with Crippen molar-refractivity contribution in [2.75, 3.05) is 12.4 Å². The van der Waals surface area contributed by atoms with Crippen LogP contribution in [0.3, 0.4) is 0 Å². The molecule has 1 aliphatic rings. The highest BCUT2D eigenvalue weighted by Gasteiger charge is 2.19. The Bertz CT molecular complexity index is 645. The number of ether oxygens (including phenoxy) is 1. The van der Waals surface area contributed by atoms with E-state index in [9.17, 15) is 9.90 Å². The van der Waals surface area contributed by atoms with Gasteiger partial charge in [0, 0.05) is 4.88 Å². The normalized spacial score (nSPS) is 13.1. The molecule has 1 heterocycles. The predicted octanol–water partition coefficient (Wildman–Crippen LogP) is 2.60. The molecule has 1 aliphatic carbocycles. The molecule has 2 aromatic rings. The number of anilines is 1. The van der Waals surface area contributed by atoms with Crippen LogP contribution in [0.4, 0.5) is 5.13 Å². The van der Waals surface area contributed by atoms with E-state index in [-0.39, 0.29) is 17.2 Å². The van der Waals surface area contributed by atoms with E-state index in [2.05, 4.69) is 10.3 Å². The Hall–Kier alpha value is -2.08. The maximum atomic E-state index is 12.2. The Balaban J connectivity index is 1.81. The number of carbonyl (C=O) groups excluding carboxylic acids is 1. The number of hydrogen-bond acceptors (Lipinski definition) is 5. The number of benzene rings is 1. The number of rotatable bonds is 3. The molecule has 104 valence electrons. The molecule has 1 amide bonds. The van der Waals surface area contributed by atoms with Crippen molar-refractivity contribution in [1.29, 1.82) is 0 Å². The number of phenols is 1. The number of nitrogens with zero attached hydrogens (tertiary/aromatic N) is 1. The largest absolute Gasteiger partial charge is 0.507 e. The van der Waals surface area contributed by atoms with Crippen LogP contribution in [0.5, 0.6) is 11.5 Å². The first-order chi connectivity index (χ1) is 9.67. The molecule has 0 aliphatic heterocycles. The molecule has 1 aromatic heterocycles. The van der Waals surface area contributed by atoms with Crippen molar-refractivity contribution in [3.8, 4) is 11.5 Å². The van der Waals surface area contributed by atoms with Crippen molar-refractivity contribution < 1.29 is 14.6 Å². The zero-order valence-electron chi connectivity index (χ0n) is 11.0. The molecule has 1 aromatic carbocycles. The lowest BCUT2D eigenvalue weighted by Gasteiger charge is -2.06. The molecule has 0 atom stereocenters. The van der Waals surface area contributed by atoms with Crippen molar-refractivity contribution in [2.45, 2.75) is 19.3 Å². The monoisotopic (exact) mass is 290 g/mol. The summed E-state index contributed by atoms with van der Waals surface area (Å²) in [7, 11) is 1.51. The number of amides is 1. The van der Waals surface area contributed by atoms with Gasteiger partial charge in [-0.3, -0.25) is 10.1 Å². The van der Waals surface area contributed by atoms with E-state index >= 15 is 0 Å². The minimum Gasteiger partial charge on any atom is -0.507 e. The van der Waals surface area contributed by atoms with E-state index in [1.165, 1.54) is 35.5 Å². The van der Waals surface area contributed by atoms with Crippen LogP contribution in [-0.4, -0.2) is 23.1 Å². The summed E-state index contributed by atoms with van der Waals surface area (Å²) in [4.78, 5) is 17.8. The average Bonchev–Trinajstić information content (AvgIpc) is 3.00. The van der Waals surface area contributed by atoms with Crippen LogP contribution in [0.1, 0.15) is 27.3 Å². The van der Waals surface area contributed by atoms with Gasteiger partial charge in [-0.15, -0.1) is 11.3 Å². The fourth-order valence-corrected chi connectivity index (χ4v) is 3.28. The van der Waals surface area contributed by atoms with Gasteiger partial charge >= 0.3 is 0 Å². The van der Waals surface area contributed by atoms with Gasteiger partial charge in [-0.25, -0.2) is 4.98 Å². The van der Waals surface area contributed by atoms with Gasteiger partial charge in [-0.2, -0.15) is 0 Å². The fourth-order valence-electron chi connectivity index (χ4n) is 2.23. The highest BCUT2D eigenvalue weighted by molar-refractivity contribution is 7.16. The van der Waals surface area contributed by atoms with E-state index in [0.717, 1.165) is 25.0 Å². The Morgan fingerprint density at radius 1 is 1.45 bits per heavy atom. The minimum absolute atomic E-state index is 0.0765. The average molecular weight is 290 g/mol. The van der Waals surface area contributed by atoms with E-state index in [4.69, 9.17) is 4.74 Å². The third kappa shape index (κ3) is 2.34. The number of fused-ring (bicyclic) bond motifs is 1. The fraction of sp³-hybridized carbons (Fsp3) is 0.286. The maximum Gasteiger partial charge on any atom is 0.261 e. The number of hydrogen-bond donors (Lipinski definition) is 2. The molecule has 0 saturated heterocycles. The zero-order valence-corrected chi connectivity index (χ0v) is 11.8. The van der Waals surface area contributed by atoms with E-state index in [0.29, 0.717) is 10.9 Å². The molecular formula is C14H14N2O3S. The number of carbonyl (C=O) groups is 1. The molecule has 0 saturated carbocycles.